The average Bonchev–Trinajstić information content (AvgIpc) is 2.90. The maximum Gasteiger partial charge on any atom is 0.227 e. The van der Waals surface area contributed by atoms with E-state index < -0.39 is 5.82 Å². The average molecular weight is 299 g/mol. The predicted octanol–water partition coefficient (Wildman–Crippen LogP) is 2.88. The lowest BCUT2D eigenvalue weighted by Crippen LogP contribution is -2.42. The Morgan fingerprint density at radius 2 is 2.35 bits per heavy atom. The molecule has 1 unspecified atom stereocenters. The van der Waals surface area contributed by atoms with Crippen molar-refractivity contribution in [3.8, 4) is 0 Å². The molecule has 1 atom stereocenters. The Hall–Kier alpha value is -1.13. The molecular weight excluding hydrogens is 279 g/mol. The van der Waals surface area contributed by atoms with Crippen LogP contribution in [0.5, 0.6) is 0 Å². The van der Waals surface area contributed by atoms with Gasteiger partial charge < -0.3 is 10.6 Å². The molecule has 1 aliphatic heterocycles. The van der Waals surface area contributed by atoms with E-state index in [1.807, 2.05) is 0 Å². The van der Waals surface area contributed by atoms with Gasteiger partial charge in [-0.3, -0.25) is 4.79 Å². The van der Waals surface area contributed by atoms with Gasteiger partial charge in [0.1, 0.15) is 5.82 Å². The number of hydrogen-bond donors (Lipinski definition) is 2. The van der Waals surface area contributed by atoms with Gasteiger partial charge >= 0.3 is 0 Å². The van der Waals surface area contributed by atoms with Crippen molar-refractivity contribution < 1.29 is 9.18 Å². The Bertz CT molecular complexity index is 487. The zero-order valence-electron chi connectivity index (χ0n) is 11.6. The first-order valence-electron chi connectivity index (χ1n) is 7.00. The summed E-state index contributed by atoms with van der Waals surface area (Å²) >= 11 is 5.74. The van der Waals surface area contributed by atoms with E-state index >= 15 is 0 Å². The van der Waals surface area contributed by atoms with Gasteiger partial charge in [0.05, 0.1) is 10.4 Å². The van der Waals surface area contributed by atoms with Crippen molar-refractivity contribution in [2.24, 2.45) is 5.41 Å². The summed E-state index contributed by atoms with van der Waals surface area (Å²) in [5.74, 6) is -0.367. The second-order valence-electron chi connectivity index (χ2n) is 5.39. The number of rotatable bonds is 5. The third-order valence-electron chi connectivity index (χ3n) is 3.89. The predicted molar refractivity (Wildman–Crippen MR) is 78.1 cm³/mol. The van der Waals surface area contributed by atoms with Crippen LogP contribution < -0.4 is 10.6 Å². The van der Waals surface area contributed by atoms with E-state index in [9.17, 15) is 9.18 Å². The van der Waals surface area contributed by atoms with Crippen molar-refractivity contribution in [2.75, 3.05) is 13.1 Å². The highest BCUT2D eigenvalue weighted by molar-refractivity contribution is 6.30. The van der Waals surface area contributed by atoms with E-state index in [-0.39, 0.29) is 16.3 Å². The number of hydrogen-bond acceptors (Lipinski definition) is 2. The summed E-state index contributed by atoms with van der Waals surface area (Å²) in [6.45, 7) is 4.09. The number of nitrogens with one attached hydrogen (secondary N) is 2. The fraction of sp³-hybridized carbons (Fsp3) is 0.533. The fourth-order valence-corrected chi connectivity index (χ4v) is 2.97. The molecule has 110 valence electrons. The fourth-order valence-electron chi connectivity index (χ4n) is 2.76. The van der Waals surface area contributed by atoms with Crippen molar-refractivity contribution in [2.45, 2.75) is 32.7 Å². The summed E-state index contributed by atoms with van der Waals surface area (Å²) in [6, 6.07) is 4.51. The summed E-state index contributed by atoms with van der Waals surface area (Å²) in [6.07, 6.45) is 2.74. The zero-order valence-corrected chi connectivity index (χ0v) is 12.4. The van der Waals surface area contributed by atoms with Crippen LogP contribution in [0.3, 0.4) is 0 Å². The van der Waals surface area contributed by atoms with Crippen LogP contribution in [0.1, 0.15) is 31.7 Å². The Morgan fingerprint density at radius 3 is 2.95 bits per heavy atom. The number of carbonyl (C=O) groups excluding carboxylic acids is 1. The minimum atomic E-state index is -0.441. The molecule has 20 heavy (non-hydrogen) atoms. The monoisotopic (exact) mass is 298 g/mol. The summed E-state index contributed by atoms with van der Waals surface area (Å²) in [7, 11) is 0. The van der Waals surface area contributed by atoms with Crippen LogP contribution in [0.2, 0.25) is 5.02 Å². The van der Waals surface area contributed by atoms with Gasteiger partial charge in [0.15, 0.2) is 0 Å². The van der Waals surface area contributed by atoms with Crippen LogP contribution in [0, 0.1) is 11.2 Å². The molecule has 5 heteroatoms. The van der Waals surface area contributed by atoms with E-state index in [2.05, 4.69) is 17.6 Å². The maximum atomic E-state index is 13.1. The van der Waals surface area contributed by atoms with Gasteiger partial charge in [-0.25, -0.2) is 4.39 Å². The van der Waals surface area contributed by atoms with Crippen molar-refractivity contribution in [1.82, 2.24) is 10.6 Å². The Kier molecular flexibility index (Phi) is 5.00. The van der Waals surface area contributed by atoms with E-state index in [0.717, 1.165) is 37.9 Å². The molecule has 2 N–H and O–H groups in total. The van der Waals surface area contributed by atoms with Gasteiger partial charge in [0.2, 0.25) is 5.91 Å². The van der Waals surface area contributed by atoms with Crippen molar-refractivity contribution >= 4 is 17.5 Å². The summed E-state index contributed by atoms with van der Waals surface area (Å²) in [5.41, 5.74) is 0.515. The molecule has 0 aliphatic carbocycles. The lowest BCUT2D eigenvalue weighted by Gasteiger charge is -2.26. The first-order chi connectivity index (χ1) is 9.57. The lowest BCUT2D eigenvalue weighted by molar-refractivity contribution is -0.130. The van der Waals surface area contributed by atoms with Crippen LogP contribution >= 0.6 is 11.6 Å². The van der Waals surface area contributed by atoms with Gasteiger partial charge in [0.25, 0.3) is 0 Å². The minimum Gasteiger partial charge on any atom is -0.352 e. The molecular formula is C15H20ClFN2O. The van der Waals surface area contributed by atoms with E-state index in [4.69, 9.17) is 11.6 Å². The quantitative estimate of drug-likeness (QED) is 0.877. The zero-order chi connectivity index (χ0) is 14.6. The van der Waals surface area contributed by atoms with Gasteiger partial charge in [-0.2, -0.15) is 0 Å². The van der Waals surface area contributed by atoms with Gasteiger partial charge in [-0.1, -0.05) is 31.0 Å². The number of benzene rings is 1. The molecule has 0 bridgehead atoms. The van der Waals surface area contributed by atoms with Crippen molar-refractivity contribution in [3.63, 3.8) is 0 Å². The summed E-state index contributed by atoms with van der Waals surface area (Å²) in [4.78, 5) is 12.4. The SMILES string of the molecule is CCCC1(C(=O)NCc2ccc(F)c(Cl)c2)CCNC1. The normalized spacial score (nSPS) is 21.9. The number of halogens is 2. The molecule has 3 nitrogen and oxygen atoms in total. The number of carbonyl (C=O) groups is 1. The molecule has 1 amide bonds. The lowest BCUT2D eigenvalue weighted by atomic mass is 9.81. The number of amides is 1. The van der Waals surface area contributed by atoms with Gasteiger partial charge in [0, 0.05) is 13.1 Å². The summed E-state index contributed by atoms with van der Waals surface area (Å²) in [5, 5.41) is 6.30. The van der Waals surface area contributed by atoms with Crippen LogP contribution in [0.15, 0.2) is 18.2 Å². The first kappa shape index (κ1) is 15.3. The van der Waals surface area contributed by atoms with E-state index in [0.29, 0.717) is 6.54 Å². The molecule has 0 spiro atoms. The van der Waals surface area contributed by atoms with Crippen LogP contribution in [-0.4, -0.2) is 19.0 Å². The molecule has 2 rings (SSSR count). The van der Waals surface area contributed by atoms with Crippen molar-refractivity contribution in [3.05, 3.63) is 34.6 Å². The largest absolute Gasteiger partial charge is 0.352 e. The first-order valence-corrected chi connectivity index (χ1v) is 7.38. The Balaban J connectivity index is 1.98. The van der Waals surface area contributed by atoms with Crippen molar-refractivity contribution in [1.29, 1.82) is 0 Å². The molecule has 1 heterocycles. The standard InChI is InChI=1S/C15H20ClFN2O/c1-2-5-15(6-7-18-10-15)14(20)19-9-11-3-4-13(17)12(16)8-11/h3-4,8,18H,2,5-7,9-10H2,1H3,(H,19,20). The molecule has 0 saturated carbocycles. The molecule has 1 aliphatic rings. The Morgan fingerprint density at radius 1 is 1.55 bits per heavy atom. The molecule has 0 radical (unpaired) electrons. The molecule has 1 saturated heterocycles. The highest BCUT2D eigenvalue weighted by Crippen LogP contribution is 2.31. The third kappa shape index (κ3) is 3.30. The smallest absolute Gasteiger partial charge is 0.227 e. The summed E-state index contributed by atoms with van der Waals surface area (Å²) < 4.78 is 13.1. The maximum absolute atomic E-state index is 13.1. The van der Waals surface area contributed by atoms with Crippen LogP contribution in [-0.2, 0) is 11.3 Å². The molecule has 1 aromatic carbocycles. The van der Waals surface area contributed by atoms with Gasteiger partial charge in [-0.05, 0) is 37.1 Å². The minimum absolute atomic E-state index is 0.0739. The molecule has 1 aromatic rings. The third-order valence-corrected chi connectivity index (χ3v) is 4.18. The highest BCUT2D eigenvalue weighted by atomic mass is 35.5. The van der Waals surface area contributed by atoms with E-state index in [1.165, 1.54) is 6.07 Å². The Labute approximate surface area is 123 Å². The van der Waals surface area contributed by atoms with Crippen LogP contribution in [0.4, 0.5) is 4.39 Å². The highest BCUT2D eigenvalue weighted by Gasteiger charge is 2.39. The van der Waals surface area contributed by atoms with Crippen LogP contribution in [0.25, 0.3) is 0 Å². The second kappa shape index (κ2) is 6.55. The second-order valence-corrected chi connectivity index (χ2v) is 5.80. The molecule has 0 aromatic heterocycles. The molecule has 1 fully saturated rings. The van der Waals surface area contributed by atoms with Gasteiger partial charge in [-0.15, -0.1) is 0 Å². The topological polar surface area (TPSA) is 41.1 Å². The van der Waals surface area contributed by atoms with E-state index in [1.54, 1.807) is 12.1 Å².